The van der Waals surface area contributed by atoms with E-state index in [9.17, 15) is 9.59 Å². The maximum atomic E-state index is 12.0. The number of carbonyl (C=O) groups excluding carboxylic acids is 2. The van der Waals surface area contributed by atoms with Crippen LogP contribution < -0.4 is 25.2 Å². The first-order valence-corrected chi connectivity index (χ1v) is 7.69. The lowest BCUT2D eigenvalue weighted by Gasteiger charge is -2.17. The maximum Gasteiger partial charge on any atom is 0.305 e. The Balaban J connectivity index is 1.86. The summed E-state index contributed by atoms with van der Waals surface area (Å²) in [5, 5.41) is 0. The zero-order valence-corrected chi connectivity index (χ0v) is 14.4. The van der Waals surface area contributed by atoms with E-state index in [1.165, 1.54) is 12.3 Å². The number of quaternary nitrogens is 1. The van der Waals surface area contributed by atoms with E-state index in [0.29, 0.717) is 18.0 Å². The lowest BCUT2D eigenvalue weighted by Crippen LogP contribution is -3.09. The Morgan fingerprint density at radius 3 is 2.56 bits per heavy atom. The van der Waals surface area contributed by atoms with Gasteiger partial charge < -0.3 is 18.8 Å². The number of amides is 2. The Bertz CT molecular complexity index is 715. The molecule has 25 heavy (non-hydrogen) atoms. The molecule has 0 aliphatic heterocycles. The van der Waals surface area contributed by atoms with Crippen LogP contribution >= 0.6 is 0 Å². The molecule has 1 atom stereocenters. The van der Waals surface area contributed by atoms with Crippen LogP contribution in [-0.2, 0) is 11.3 Å². The van der Waals surface area contributed by atoms with Crippen LogP contribution in [0.2, 0.25) is 0 Å². The number of likely N-dealkylation sites (N-methyl/N-ethyl adjacent to an activating group) is 1. The Morgan fingerprint density at radius 1 is 1.12 bits per heavy atom. The average molecular weight is 348 g/mol. The van der Waals surface area contributed by atoms with Crippen molar-refractivity contribution in [3.05, 3.63) is 47.9 Å². The summed E-state index contributed by atoms with van der Waals surface area (Å²) in [5.74, 6) is 0.589. The van der Waals surface area contributed by atoms with Gasteiger partial charge in [0, 0.05) is 0 Å². The number of benzene rings is 1. The van der Waals surface area contributed by atoms with E-state index in [1.54, 1.807) is 20.3 Å². The van der Waals surface area contributed by atoms with E-state index in [4.69, 9.17) is 13.9 Å². The molecule has 2 aromatic rings. The van der Waals surface area contributed by atoms with Crippen molar-refractivity contribution < 1.29 is 28.4 Å². The van der Waals surface area contributed by atoms with Gasteiger partial charge in [-0.25, -0.2) is 0 Å². The van der Waals surface area contributed by atoms with Gasteiger partial charge in [0.05, 0.1) is 33.1 Å². The van der Waals surface area contributed by atoms with Crippen LogP contribution in [0.3, 0.4) is 0 Å². The summed E-state index contributed by atoms with van der Waals surface area (Å²) in [6.45, 7) is 0.721. The normalized spacial score (nSPS) is 11.5. The van der Waals surface area contributed by atoms with Crippen molar-refractivity contribution in [3.8, 4) is 11.5 Å². The quantitative estimate of drug-likeness (QED) is 0.601. The summed E-state index contributed by atoms with van der Waals surface area (Å²) < 4.78 is 15.6. The first-order valence-electron chi connectivity index (χ1n) is 7.69. The van der Waals surface area contributed by atoms with Gasteiger partial charge >= 0.3 is 5.91 Å². The minimum absolute atomic E-state index is 0.127. The number of rotatable bonds is 7. The van der Waals surface area contributed by atoms with Gasteiger partial charge in [-0.3, -0.25) is 20.4 Å². The van der Waals surface area contributed by atoms with Gasteiger partial charge in [0.25, 0.3) is 5.91 Å². The SMILES string of the molecule is COc1cccc(C[NH+](C)CC(=O)NNC(=O)c2ccco2)c1OC. The Kier molecular flexibility index (Phi) is 6.41. The van der Waals surface area contributed by atoms with E-state index in [-0.39, 0.29) is 18.2 Å². The van der Waals surface area contributed by atoms with Crippen molar-refractivity contribution >= 4 is 11.8 Å². The smallest absolute Gasteiger partial charge is 0.305 e. The summed E-state index contributed by atoms with van der Waals surface area (Å²) in [7, 11) is 5.02. The molecular formula is C17H22N3O5+. The second-order valence-corrected chi connectivity index (χ2v) is 5.44. The van der Waals surface area contributed by atoms with E-state index < -0.39 is 5.91 Å². The number of para-hydroxylation sites is 1. The molecule has 1 heterocycles. The molecule has 0 aliphatic carbocycles. The molecule has 2 amide bonds. The van der Waals surface area contributed by atoms with Gasteiger partial charge in [-0.15, -0.1) is 0 Å². The van der Waals surface area contributed by atoms with Gasteiger partial charge in [0.15, 0.2) is 23.8 Å². The molecule has 8 heteroatoms. The molecule has 8 nitrogen and oxygen atoms in total. The molecule has 0 aliphatic rings. The molecule has 0 saturated heterocycles. The highest BCUT2D eigenvalue weighted by Crippen LogP contribution is 2.29. The maximum absolute atomic E-state index is 12.0. The lowest BCUT2D eigenvalue weighted by atomic mass is 10.1. The van der Waals surface area contributed by atoms with Gasteiger partial charge in [0.1, 0.15) is 6.54 Å². The molecule has 1 aromatic heterocycles. The summed E-state index contributed by atoms with van der Waals surface area (Å²) in [5.41, 5.74) is 5.59. The number of hydrogen-bond donors (Lipinski definition) is 3. The highest BCUT2D eigenvalue weighted by atomic mass is 16.5. The zero-order valence-electron chi connectivity index (χ0n) is 14.4. The number of carbonyl (C=O) groups is 2. The van der Waals surface area contributed by atoms with Crippen molar-refractivity contribution in [2.24, 2.45) is 0 Å². The second kappa shape index (κ2) is 8.74. The molecule has 134 valence electrons. The fourth-order valence-electron chi connectivity index (χ4n) is 2.39. The number of ether oxygens (including phenoxy) is 2. The molecule has 0 spiro atoms. The van der Waals surface area contributed by atoms with E-state index >= 15 is 0 Å². The largest absolute Gasteiger partial charge is 0.493 e. The Labute approximate surface area is 145 Å². The van der Waals surface area contributed by atoms with E-state index in [1.807, 2.05) is 25.2 Å². The molecule has 0 fully saturated rings. The van der Waals surface area contributed by atoms with Crippen LogP contribution in [0.1, 0.15) is 16.1 Å². The Hall–Kier alpha value is -3.00. The van der Waals surface area contributed by atoms with Crippen LogP contribution in [0, 0.1) is 0 Å². The third-order valence-corrected chi connectivity index (χ3v) is 3.50. The molecule has 1 aromatic carbocycles. The molecule has 0 saturated carbocycles. The molecule has 0 radical (unpaired) electrons. The summed E-state index contributed by atoms with van der Waals surface area (Å²) in [6, 6.07) is 8.70. The third kappa shape index (κ3) is 4.98. The van der Waals surface area contributed by atoms with E-state index in [0.717, 1.165) is 10.5 Å². The number of nitrogens with one attached hydrogen (secondary N) is 3. The summed E-state index contributed by atoms with van der Waals surface area (Å²) >= 11 is 0. The summed E-state index contributed by atoms with van der Waals surface area (Å²) in [4.78, 5) is 24.6. The monoisotopic (exact) mass is 348 g/mol. The van der Waals surface area contributed by atoms with Crippen molar-refractivity contribution in [1.29, 1.82) is 0 Å². The number of furan rings is 1. The highest BCUT2D eigenvalue weighted by Gasteiger charge is 2.17. The van der Waals surface area contributed by atoms with Gasteiger partial charge in [-0.1, -0.05) is 6.07 Å². The Morgan fingerprint density at radius 2 is 1.92 bits per heavy atom. The molecule has 0 bridgehead atoms. The van der Waals surface area contributed by atoms with Crippen LogP contribution in [0.5, 0.6) is 11.5 Å². The lowest BCUT2D eigenvalue weighted by molar-refractivity contribution is -0.885. The van der Waals surface area contributed by atoms with Crippen LogP contribution in [0.25, 0.3) is 0 Å². The van der Waals surface area contributed by atoms with Gasteiger partial charge in [-0.2, -0.15) is 0 Å². The molecule has 3 N–H and O–H groups in total. The standard InChI is InChI=1S/C17H21N3O5/c1-20(10-12-6-4-7-13(23-2)16(12)24-3)11-15(21)18-19-17(22)14-8-5-9-25-14/h4-9H,10-11H2,1-3H3,(H,18,21)(H,19,22)/p+1. The van der Waals surface area contributed by atoms with Crippen molar-refractivity contribution in [2.45, 2.75) is 6.54 Å². The third-order valence-electron chi connectivity index (χ3n) is 3.50. The van der Waals surface area contributed by atoms with Crippen LogP contribution in [-0.4, -0.2) is 39.6 Å². The predicted octanol–water partition coefficient (Wildman–Crippen LogP) is -0.227. The average Bonchev–Trinajstić information content (AvgIpc) is 3.14. The minimum Gasteiger partial charge on any atom is -0.493 e. The molecular weight excluding hydrogens is 326 g/mol. The fourth-order valence-corrected chi connectivity index (χ4v) is 2.39. The van der Waals surface area contributed by atoms with Gasteiger partial charge in [-0.05, 0) is 24.3 Å². The van der Waals surface area contributed by atoms with Crippen LogP contribution in [0.15, 0.2) is 41.0 Å². The fraction of sp³-hybridized carbons (Fsp3) is 0.294. The van der Waals surface area contributed by atoms with Crippen molar-refractivity contribution in [1.82, 2.24) is 10.9 Å². The topological polar surface area (TPSA) is 94.2 Å². The van der Waals surface area contributed by atoms with Crippen molar-refractivity contribution in [2.75, 3.05) is 27.8 Å². The van der Waals surface area contributed by atoms with Gasteiger partial charge in [0.2, 0.25) is 0 Å². The van der Waals surface area contributed by atoms with Crippen LogP contribution in [0.4, 0.5) is 0 Å². The predicted molar refractivity (Wildman–Crippen MR) is 89.3 cm³/mol. The second-order valence-electron chi connectivity index (χ2n) is 5.44. The summed E-state index contributed by atoms with van der Waals surface area (Å²) in [6.07, 6.45) is 1.39. The molecule has 1 unspecified atom stereocenters. The highest BCUT2D eigenvalue weighted by molar-refractivity contribution is 5.92. The minimum atomic E-state index is -0.509. The zero-order chi connectivity index (χ0) is 18.2. The number of methoxy groups -OCH3 is 2. The first-order chi connectivity index (χ1) is 12.0. The number of hydrazine groups is 1. The number of hydrogen-bond acceptors (Lipinski definition) is 5. The first kappa shape index (κ1) is 18.3. The van der Waals surface area contributed by atoms with Crippen molar-refractivity contribution in [3.63, 3.8) is 0 Å². The van der Waals surface area contributed by atoms with E-state index in [2.05, 4.69) is 10.9 Å². The molecule has 2 rings (SSSR count).